The van der Waals surface area contributed by atoms with E-state index in [1.54, 1.807) is 12.2 Å². The Morgan fingerprint density at radius 1 is 1.05 bits per heavy atom. The molecule has 2 rings (SSSR count). The van der Waals surface area contributed by atoms with Crippen molar-refractivity contribution in [3.8, 4) is 0 Å². The van der Waals surface area contributed by atoms with E-state index in [0.717, 1.165) is 0 Å². The number of nitrogens with one attached hydrogen (secondary N) is 1. The van der Waals surface area contributed by atoms with Gasteiger partial charge in [-0.05, 0) is 18.3 Å². The number of allylic oxidation sites excluding steroid dienone is 2. The normalized spacial score (nSPS) is 30.9. The third-order valence-electron chi connectivity index (χ3n) is 4.04. The molecule has 2 aliphatic rings. The molecule has 1 saturated carbocycles. The largest absolute Gasteiger partial charge is 0.481 e. The second kappa shape index (κ2) is 5.55. The minimum Gasteiger partial charge on any atom is -0.481 e. The highest BCUT2D eigenvalue weighted by atomic mass is 16.4. The number of carboxylic acid groups (broad SMARTS) is 3. The predicted molar refractivity (Wildman–Crippen MR) is 67.2 cm³/mol. The first kappa shape index (κ1) is 15.0. The van der Waals surface area contributed by atoms with Crippen molar-refractivity contribution in [3.63, 3.8) is 0 Å². The number of amides is 1. The van der Waals surface area contributed by atoms with Gasteiger partial charge in [0.1, 0.15) is 6.04 Å². The highest BCUT2D eigenvalue weighted by Gasteiger charge is 2.52. The topological polar surface area (TPSA) is 141 Å². The van der Waals surface area contributed by atoms with Gasteiger partial charge in [0.05, 0.1) is 18.3 Å². The lowest BCUT2D eigenvalue weighted by molar-refractivity contribution is -0.150. The van der Waals surface area contributed by atoms with Crippen LogP contribution in [0, 0.1) is 23.7 Å². The number of aliphatic carboxylic acids is 3. The molecule has 1 amide bonds. The summed E-state index contributed by atoms with van der Waals surface area (Å²) in [6.45, 7) is 0. The van der Waals surface area contributed by atoms with Crippen LogP contribution >= 0.6 is 0 Å². The molecule has 0 radical (unpaired) electrons. The Hall–Kier alpha value is -2.38. The van der Waals surface area contributed by atoms with E-state index < -0.39 is 48.1 Å². The summed E-state index contributed by atoms with van der Waals surface area (Å²) in [4.78, 5) is 45.0. The van der Waals surface area contributed by atoms with Gasteiger partial charge in [-0.2, -0.15) is 0 Å². The fourth-order valence-electron chi connectivity index (χ4n) is 3.16. The molecule has 1 fully saturated rings. The van der Waals surface area contributed by atoms with Gasteiger partial charge in [0, 0.05) is 0 Å². The van der Waals surface area contributed by atoms with Crippen molar-refractivity contribution in [1.29, 1.82) is 0 Å². The van der Waals surface area contributed by atoms with Gasteiger partial charge in [-0.1, -0.05) is 12.2 Å². The van der Waals surface area contributed by atoms with Crippen LogP contribution in [0.15, 0.2) is 12.2 Å². The van der Waals surface area contributed by atoms with Crippen LogP contribution in [0.4, 0.5) is 0 Å². The maximum absolute atomic E-state index is 12.2. The quantitative estimate of drug-likeness (QED) is 0.487. The van der Waals surface area contributed by atoms with Gasteiger partial charge in [-0.15, -0.1) is 0 Å². The SMILES string of the molecule is O=C(O)C[C@H](NC(=O)[C@@H]1[C@@H](C(=O)O)[C@H]2C=C[C@H]1C2)C(=O)O. The molecular formula is C13H15NO7. The smallest absolute Gasteiger partial charge is 0.326 e. The number of rotatable bonds is 6. The minimum absolute atomic E-state index is 0.231. The third kappa shape index (κ3) is 2.88. The predicted octanol–water partition coefficient (Wildman–Crippen LogP) is -0.447. The Kier molecular flexibility index (Phi) is 3.97. The molecule has 114 valence electrons. The van der Waals surface area contributed by atoms with E-state index in [1.165, 1.54) is 0 Å². The summed E-state index contributed by atoms with van der Waals surface area (Å²) in [6.07, 6.45) is 3.32. The summed E-state index contributed by atoms with van der Waals surface area (Å²) >= 11 is 0. The fourth-order valence-corrected chi connectivity index (χ4v) is 3.16. The van der Waals surface area contributed by atoms with E-state index in [1.807, 2.05) is 0 Å². The van der Waals surface area contributed by atoms with E-state index in [-0.39, 0.29) is 11.8 Å². The molecule has 0 aromatic carbocycles. The zero-order valence-electron chi connectivity index (χ0n) is 10.9. The molecule has 0 unspecified atom stereocenters. The van der Waals surface area contributed by atoms with Gasteiger partial charge >= 0.3 is 17.9 Å². The maximum atomic E-state index is 12.2. The zero-order valence-corrected chi connectivity index (χ0v) is 10.9. The summed E-state index contributed by atoms with van der Waals surface area (Å²) in [5.41, 5.74) is 0. The number of hydrogen-bond donors (Lipinski definition) is 4. The van der Waals surface area contributed by atoms with Gasteiger partial charge in [0.2, 0.25) is 5.91 Å². The van der Waals surface area contributed by atoms with Crippen LogP contribution in [0.2, 0.25) is 0 Å². The monoisotopic (exact) mass is 297 g/mol. The lowest BCUT2D eigenvalue weighted by Crippen LogP contribution is -2.48. The highest BCUT2D eigenvalue weighted by Crippen LogP contribution is 2.48. The standard InChI is InChI=1S/C13H15NO7/c15-8(16)4-7(12(18)19)14-11(17)9-5-1-2-6(3-5)10(9)13(20)21/h1-2,5-7,9-10H,3-4H2,(H,14,17)(H,15,16)(H,18,19)(H,20,21)/t5-,6-,7-,9-,10-/m0/s1. The summed E-state index contributed by atoms with van der Waals surface area (Å²) in [5.74, 6) is -6.85. The molecule has 21 heavy (non-hydrogen) atoms. The summed E-state index contributed by atoms with van der Waals surface area (Å²) in [6, 6.07) is -1.56. The van der Waals surface area contributed by atoms with Crippen molar-refractivity contribution >= 4 is 23.8 Å². The average Bonchev–Trinajstić information content (AvgIpc) is 2.96. The first-order valence-corrected chi connectivity index (χ1v) is 6.47. The number of carbonyl (C=O) groups excluding carboxylic acids is 1. The van der Waals surface area contributed by atoms with Crippen LogP contribution in [0.5, 0.6) is 0 Å². The molecule has 2 aliphatic carbocycles. The van der Waals surface area contributed by atoms with Crippen molar-refractivity contribution in [2.75, 3.05) is 0 Å². The number of fused-ring (bicyclic) bond motifs is 2. The summed E-state index contributed by atoms with van der Waals surface area (Å²) in [5, 5.41) is 28.9. The average molecular weight is 297 g/mol. The van der Waals surface area contributed by atoms with E-state index in [4.69, 9.17) is 10.2 Å². The summed E-state index contributed by atoms with van der Waals surface area (Å²) in [7, 11) is 0. The molecule has 0 spiro atoms. The van der Waals surface area contributed by atoms with Crippen molar-refractivity contribution in [3.05, 3.63) is 12.2 Å². The molecular weight excluding hydrogens is 282 g/mol. The zero-order chi connectivity index (χ0) is 15.7. The van der Waals surface area contributed by atoms with E-state index in [2.05, 4.69) is 5.32 Å². The first-order chi connectivity index (χ1) is 9.81. The fraction of sp³-hybridized carbons (Fsp3) is 0.538. The van der Waals surface area contributed by atoms with Gasteiger partial charge in [-0.25, -0.2) is 4.79 Å². The van der Waals surface area contributed by atoms with Crippen LogP contribution in [0.25, 0.3) is 0 Å². The van der Waals surface area contributed by atoms with Gasteiger partial charge in [0.15, 0.2) is 0 Å². The van der Waals surface area contributed by atoms with Crippen LogP contribution in [0.3, 0.4) is 0 Å². The van der Waals surface area contributed by atoms with Gasteiger partial charge in [0.25, 0.3) is 0 Å². The van der Waals surface area contributed by atoms with Crippen molar-refractivity contribution in [2.24, 2.45) is 23.7 Å². The molecule has 8 nitrogen and oxygen atoms in total. The van der Waals surface area contributed by atoms with Crippen LogP contribution in [0.1, 0.15) is 12.8 Å². The molecule has 0 saturated heterocycles. The van der Waals surface area contributed by atoms with Gasteiger partial charge in [-0.3, -0.25) is 14.4 Å². The first-order valence-electron chi connectivity index (χ1n) is 6.47. The highest BCUT2D eigenvalue weighted by molar-refractivity contribution is 5.91. The van der Waals surface area contributed by atoms with Crippen molar-refractivity contribution < 1.29 is 34.5 Å². The van der Waals surface area contributed by atoms with Crippen molar-refractivity contribution in [1.82, 2.24) is 5.32 Å². The molecule has 5 atom stereocenters. The Labute approximate surface area is 119 Å². The Balaban J connectivity index is 2.11. The van der Waals surface area contributed by atoms with E-state index in [0.29, 0.717) is 6.42 Å². The minimum atomic E-state index is -1.56. The molecule has 0 aromatic rings. The van der Waals surface area contributed by atoms with Crippen LogP contribution in [-0.4, -0.2) is 45.2 Å². The number of hydrogen-bond acceptors (Lipinski definition) is 4. The Morgan fingerprint density at radius 2 is 1.62 bits per heavy atom. The lowest BCUT2D eigenvalue weighted by Gasteiger charge is -2.25. The second-order valence-corrected chi connectivity index (χ2v) is 5.34. The van der Waals surface area contributed by atoms with Crippen LogP contribution in [-0.2, 0) is 19.2 Å². The number of carbonyl (C=O) groups is 4. The number of carboxylic acids is 3. The summed E-state index contributed by atoms with van der Waals surface area (Å²) < 4.78 is 0. The molecule has 0 aliphatic heterocycles. The van der Waals surface area contributed by atoms with Crippen LogP contribution < -0.4 is 5.32 Å². The van der Waals surface area contributed by atoms with Gasteiger partial charge < -0.3 is 20.6 Å². The second-order valence-electron chi connectivity index (χ2n) is 5.34. The molecule has 0 aromatic heterocycles. The lowest BCUT2D eigenvalue weighted by atomic mass is 9.82. The Morgan fingerprint density at radius 3 is 2.10 bits per heavy atom. The van der Waals surface area contributed by atoms with E-state index in [9.17, 15) is 24.3 Å². The molecule has 0 heterocycles. The molecule has 4 N–H and O–H groups in total. The molecule has 2 bridgehead atoms. The maximum Gasteiger partial charge on any atom is 0.326 e. The Bertz CT molecular complexity index is 527. The third-order valence-corrected chi connectivity index (χ3v) is 4.04. The molecule has 8 heteroatoms. The van der Waals surface area contributed by atoms with Crippen molar-refractivity contribution in [2.45, 2.75) is 18.9 Å². The van der Waals surface area contributed by atoms with E-state index >= 15 is 0 Å².